The third kappa shape index (κ3) is 6.57. The maximum absolute atomic E-state index is 13.3. The fourth-order valence-electron chi connectivity index (χ4n) is 4.31. The Bertz CT molecular complexity index is 1180. The lowest BCUT2D eigenvalue weighted by Crippen LogP contribution is -2.37. The molecule has 1 saturated heterocycles. The van der Waals surface area contributed by atoms with Gasteiger partial charge in [-0.25, -0.2) is 17.9 Å². The molecule has 0 aliphatic carbocycles. The number of anilines is 2. The molecule has 1 heterocycles. The lowest BCUT2D eigenvalue weighted by molar-refractivity contribution is 0.0783. The van der Waals surface area contributed by atoms with Crippen molar-refractivity contribution in [2.45, 2.75) is 70.8 Å². The first kappa shape index (κ1) is 28.0. The number of sulfonamides is 1. The zero-order valence-corrected chi connectivity index (χ0v) is 23.1. The summed E-state index contributed by atoms with van der Waals surface area (Å²) in [5.74, 6) is 0.266. The van der Waals surface area contributed by atoms with Gasteiger partial charge in [0.2, 0.25) is 0 Å². The van der Waals surface area contributed by atoms with Gasteiger partial charge in [-0.3, -0.25) is 0 Å². The Kier molecular flexibility index (Phi) is 8.37. The van der Waals surface area contributed by atoms with Gasteiger partial charge in [0.15, 0.2) is 0 Å². The van der Waals surface area contributed by atoms with E-state index < -0.39 is 21.7 Å². The van der Waals surface area contributed by atoms with Gasteiger partial charge in [0.25, 0.3) is 10.0 Å². The van der Waals surface area contributed by atoms with Crippen molar-refractivity contribution >= 4 is 27.4 Å². The van der Waals surface area contributed by atoms with Crippen LogP contribution in [0.5, 0.6) is 0 Å². The summed E-state index contributed by atoms with van der Waals surface area (Å²) in [4.78, 5) is 14.9. The zero-order valence-electron chi connectivity index (χ0n) is 22.3. The number of morpholine rings is 1. The van der Waals surface area contributed by atoms with Crippen LogP contribution >= 0.6 is 0 Å². The molecule has 2 aromatic carbocycles. The van der Waals surface area contributed by atoms with Gasteiger partial charge in [0.1, 0.15) is 0 Å². The van der Waals surface area contributed by atoms with Gasteiger partial charge in [-0.1, -0.05) is 45.4 Å². The number of nitrogens with zero attached hydrogens (tertiary/aromatic N) is 1. The fraction of sp³-hybridized carbons (Fsp3) is 0.519. The highest BCUT2D eigenvalue weighted by Crippen LogP contribution is 2.34. The Labute approximate surface area is 215 Å². The number of aryl methyl sites for hydroxylation is 1. The molecular weight excluding hydrogens is 478 g/mol. The Hall–Kier alpha value is -2.62. The number of rotatable bonds is 7. The second-order valence-electron chi connectivity index (χ2n) is 10.6. The third-order valence-electron chi connectivity index (χ3n) is 6.34. The highest BCUT2D eigenvalue weighted by atomic mass is 32.2. The van der Waals surface area contributed by atoms with Crippen LogP contribution in [0, 0.1) is 6.92 Å². The molecule has 2 amide bonds. The van der Waals surface area contributed by atoms with Crippen LogP contribution < -0.4 is 14.9 Å². The van der Waals surface area contributed by atoms with Crippen LogP contribution in [0.3, 0.4) is 0 Å². The van der Waals surface area contributed by atoms with Crippen LogP contribution in [0.1, 0.15) is 75.6 Å². The molecular formula is C27H39N3O5S. The molecule has 0 unspecified atom stereocenters. The lowest BCUT2D eigenvalue weighted by Gasteiger charge is -2.30. The highest BCUT2D eigenvalue weighted by molar-refractivity contribution is 7.90. The Morgan fingerprint density at radius 3 is 2.06 bits per heavy atom. The number of urea groups is 1. The molecule has 1 aliphatic heterocycles. The monoisotopic (exact) mass is 517 g/mol. The van der Waals surface area contributed by atoms with Crippen molar-refractivity contribution in [2.75, 3.05) is 36.5 Å². The summed E-state index contributed by atoms with van der Waals surface area (Å²) in [7, 11) is -4.23. The molecule has 3 N–H and O–H groups in total. The van der Waals surface area contributed by atoms with Crippen LogP contribution in [0.4, 0.5) is 16.2 Å². The van der Waals surface area contributed by atoms with Crippen molar-refractivity contribution in [3.8, 4) is 0 Å². The van der Waals surface area contributed by atoms with E-state index in [0.29, 0.717) is 43.2 Å². The zero-order chi connectivity index (χ0) is 26.8. The summed E-state index contributed by atoms with van der Waals surface area (Å²) in [6, 6.07) is 7.92. The van der Waals surface area contributed by atoms with Gasteiger partial charge < -0.3 is 20.1 Å². The number of carbonyl (C=O) groups is 1. The van der Waals surface area contributed by atoms with E-state index >= 15 is 0 Å². The molecule has 36 heavy (non-hydrogen) atoms. The highest BCUT2D eigenvalue weighted by Gasteiger charge is 2.26. The van der Waals surface area contributed by atoms with Crippen LogP contribution in [-0.2, 0) is 20.4 Å². The van der Waals surface area contributed by atoms with E-state index in [0.717, 1.165) is 16.7 Å². The van der Waals surface area contributed by atoms with Crippen LogP contribution in [0.2, 0.25) is 0 Å². The quantitative estimate of drug-likeness (QED) is 0.486. The number of nitrogens with one attached hydrogen (secondary N) is 2. The average molecular weight is 518 g/mol. The van der Waals surface area contributed by atoms with E-state index in [1.54, 1.807) is 19.9 Å². The predicted octanol–water partition coefficient (Wildman–Crippen LogP) is 4.82. The van der Waals surface area contributed by atoms with Crippen molar-refractivity contribution in [2.24, 2.45) is 0 Å². The third-order valence-corrected chi connectivity index (χ3v) is 7.65. The number of benzene rings is 2. The molecule has 1 fully saturated rings. The average Bonchev–Trinajstić information content (AvgIpc) is 2.79. The molecule has 8 nitrogen and oxygen atoms in total. The predicted molar refractivity (Wildman–Crippen MR) is 143 cm³/mol. The maximum Gasteiger partial charge on any atom is 0.333 e. The summed E-state index contributed by atoms with van der Waals surface area (Å²) in [5, 5.41) is 13.4. The summed E-state index contributed by atoms with van der Waals surface area (Å²) >= 11 is 0. The topological polar surface area (TPSA) is 108 Å². The van der Waals surface area contributed by atoms with Gasteiger partial charge >= 0.3 is 6.03 Å². The summed E-state index contributed by atoms with van der Waals surface area (Å²) in [6.45, 7) is 15.6. The number of hydrogen-bond donors (Lipinski definition) is 3. The number of hydrogen-bond acceptors (Lipinski definition) is 6. The van der Waals surface area contributed by atoms with Gasteiger partial charge in [0, 0.05) is 24.5 Å². The Balaban J connectivity index is 1.96. The second kappa shape index (κ2) is 10.8. The Morgan fingerprint density at radius 1 is 1.00 bits per heavy atom. The molecule has 3 rings (SSSR count). The van der Waals surface area contributed by atoms with Gasteiger partial charge in [0.05, 0.1) is 23.7 Å². The van der Waals surface area contributed by atoms with Crippen molar-refractivity contribution < 1.29 is 23.1 Å². The molecule has 198 valence electrons. The smallest absolute Gasteiger partial charge is 0.333 e. The van der Waals surface area contributed by atoms with E-state index in [2.05, 4.69) is 10.0 Å². The van der Waals surface area contributed by atoms with E-state index in [1.165, 1.54) is 12.1 Å². The maximum atomic E-state index is 13.3. The normalized spacial score (nSPS) is 14.9. The molecule has 0 aromatic heterocycles. The minimum Gasteiger partial charge on any atom is -0.386 e. The van der Waals surface area contributed by atoms with Crippen LogP contribution in [0.25, 0.3) is 0 Å². The molecule has 1 aliphatic rings. The first-order chi connectivity index (χ1) is 16.7. The molecule has 0 saturated carbocycles. The number of carbonyl (C=O) groups excluding carboxylic acids is 1. The standard InChI is InChI=1S/C27H39N3O5S/c1-17(2)23-12-19(5)13-24(18(3)4)25(23)28-26(31)29-36(33,34)22-15-20(27(6,7)32)14-21(16-22)30-8-10-35-11-9-30/h12-18,32H,8-11H2,1-7H3,(H2,28,29,31). The van der Waals surface area contributed by atoms with Crippen LogP contribution in [0.15, 0.2) is 35.2 Å². The van der Waals surface area contributed by atoms with Crippen molar-refractivity contribution in [3.63, 3.8) is 0 Å². The van der Waals surface area contributed by atoms with Crippen molar-refractivity contribution in [3.05, 3.63) is 52.6 Å². The largest absolute Gasteiger partial charge is 0.386 e. The van der Waals surface area contributed by atoms with E-state index in [9.17, 15) is 18.3 Å². The van der Waals surface area contributed by atoms with Gasteiger partial charge in [-0.15, -0.1) is 0 Å². The molecule has 0 spiro atoms. The second-order valence-corrected chi connectivity index (χ2v) is 12.2. The van der Waals surface area contributed by atoms with Crippen LogP contribution in [-0.4, -0.2) is 45.9 Å². The summed E-state index contributed by atoms with van der Waals surface area (Å²) in [6.07, 6.45) is 0. The number of ether oxygens (including phenoxy) is 1. The molecule has 0 atom stereocenters. The summed E-state index contributed by atoms with van der Waals surface area (Å²) in [5.41, 5.74) is 3.44. The molecule has 0 bridgehead atoms. The summed E-state index contributed by atoms with van der Waals surface area (Å²) < 4.78 is 34.3. The fourth-order valence-corrected chi connectivity index (χ4v) is 5.29. The number of amides is 2. The SMILES string of the molecule is Cc1cc(C(C)C)c(NC(=O)NS(=O)(=O)c2cc(N3CCOCC3)cc(C(C)(C)O)c2)c(C(C)C)c1. The molecule has 2 aromatic rings. The van der Waals surface area contributed by atoms with Gasteiger partial charge in [-0.05, 0) is 67.5 Å². The first-order valence-corrected chi connectivity index (χ1v) is 13.9. The van der Waals surface area contributed by atoms with Gasteiger partial charge in [-0.2, -0.15) is 0 Å². The van der Waals surface area contributed by atoms with E-state index in [-0.39, 0.29) is 16.7 Å². The van der Waals surface area contributed by atoms with E-state index in [1.807, 2.05) is 51.7 Å². The molecule has 0 radical (unpaired) electrons. The first-order valence-electron chi connectivity index (χ1n) is 12.4. The Morgan fingerprint density at radius 2 is 1.56 bits per heavy atom. The minimum absolute atomic E-state index is 0.0872. The van der Waals surface area contributed by atoms with E-state index in [4.69, 9.17) is 4.74 Å². The number of aliphatic hydroxyl groups is 1. The molecule has 9 heteroatoms. The van der Waals surface area contributed by atoms with Crippen molar-refractivity contribution in [1.82, 2.24) is 4.72 Å². The lowest BCUT2D eigenvalue weighted by atomic mass is 9.90. The minimum atomic E-state index is -4.23. The van der Waals surface area contributed by atoms with Crippen molar-refractivity contribution in [1.29, 1.82) is 0 Å².